The standard InChI is InChI=1S/C18H29N3O/c1-2-13-20-14-12-15-8-10-17(11-9-15)21(18(19)22)16-6-4-3-5-7-16/h8-11,16,20H,2-7,12-14H2,1H3,(H2,19,22). The first kappa shape index (κ1) is 16.8. The summed E-state index contributed by atoms with van der Waals surface area (Å²) in [7, 11) is 0. The van der Waals surface area contributed by atoms with Crippen molar-refractivity contribution in [1.82, 2.24) is 5.32 Å². The van der Waals surface area contributed by atoms with E-state index in [0.717, 1.165) is 44.5 Å². The molecule has 22 heavy (non-hydrogen) atoms. The van der Waals surface area contributed by atoms with Crippen molar-refractivity contribution in [2.24, 2.45) is 5.73 Å². The van der Waals surface area contributed by atoms with E-state index in [1.54, 1.807) is 4.90 Å². The number of nitrogens with zero attached hydrogens (tertiary/aromatic N) is 1. The minimum atomic E-state index is -0.329. The van der Waals surface area contributed by atoms with Gasteiger partial charge in [0, 0.05) is 11.7 Å². The highest BCUT2D eigenvalue weighted by Crippen LogP contribution is 2.27. The molecule has 0 radical (unpaired) electrons. The van der Waals surface area contributed by atoms with E-state index in [-0.39, 0.29) is 12.1 Å². The number of benzene rings is 1. The average molecular weight is 303 g/mol. The molecule has 1 aromatic rings. The van der Waals surface area contributed by atoms with Gasteiger partial charge in [0.2, 0.25) is 0 Å². The summed E-state index contributed by atoms with van der Waals surface area (Å²) in [5, 5.41) is 3.41. The largest absolute Gasteiger partial charge is 0.351 e. The number of rotatable bonds is 7. The van der Waals surface area contributed by atoms with Gasteiger partial charge in [-0.15, -0.1) is 0 Å². The van der Waals surface area contributed by atoms with Gasteiger partial charge in [0.05, 0.1) is 0 Å². The van der Waals surface area contributed by atoms with Gasteiger partial charge in [-0.25, -0.2) is 4.79 Å². The van der Waals surface area contributed by atoms with Gasteiger partial charge in [-0.1, -0.05) is 38.3 Å². The maximum atomic E-state index is 11.9. The Labute approximate surface area is 134 Å². The molecule has 0 atom stereocenters. The van der Waals surface area contributed by atoms with E-state index in [0.29, 0.717) is 0 Å². The van der Waals surface area contributed by atoms with Crippen LogP contribution < -0.4 is 16.0 Å². The molecular weight excluding hydrogens is 274 g/mol. The molecule has 0 saturated heterocycles. The van der Waals surface area contributed by atoms with Crippen molar-refractivity contribution >= 4 is 11.7 Å². The summed E-state index contributed by atoms with van der Waals surface area (Å²) in [6.07, 6.45) is 7.95. The summed E-state index contributed by atoms with van der Waals surface area (Å²) in [6, 6.07) is 8.24. The normalized spacial score (nSPS) is 15.7. The van der Waals surface area contributed by atoms with Gasteiger partial charge >= 0.3 is 6.03 Å². The Morgan fingerprint density at radius 1 is 1.18 bits per heavy atom. The van der Waals surface area contributed by atoms with Gasteiger partial charge in [-0.2, -0.15) is 0 Å². The Morgan fingerprint density at radius 2 is 1.86 bits per heavy atom. The van der Waals surface area contributed by atoms with Crippen LogP contribution in [0.5, 0.6) is 0 Å². The van der Waals surface area contributed by atoms with Gasteiger partial charge in [0.25, 0.3) is 0 Å². The number of nitrogens with two attached hydrogens (primary N) is 1. The Balaban J connectivity index is 1.98. The van der Waals surface area contributed by atoms with Gasteiger partial charge in [-0.3, -0.25) is 4.90 Å². The molecule has 1 saturated carbocycles. The second-order valence-corrected chi connectivity index (χ2v) is 6.17. The Bertz CT molecular complexity index is 452. The van der Waals surface area contributed by atoms with Gasteiger partial charge in [0.15, 0.2) is 0 Å². The van der Waals surface area contributed by atoms with Gasteiger partial charge < -0.3 is 11.1 Å². The molecule has 4 nitrogen and oxygen atoms in total. The van der Waals surface area contributed by atoms with E-state index >= 15 is 0 Å². The highest BCUT2D eigenvalue weighted by molar-refractivity contribution is 5.91. The van der Waals surface area contributed by atoms with Crippen molar-refractivity contribution in [2.45, 2.75) is 57.9 Å². The van der Waals surface area contributed by atoms with Crippen LogP contribution in [0.4, 0.5) is 10.5 Å². The van der Waals surface area contributed by atoms with Crippen molar-refractivity contribution in [1.29, 1.82) is 0 Å². The molecule has 1 aliphatic rings. The predicted molar refractivity (Wildman–Crippen MR) is 92.2 cm³/mol. The van der Waals surface area contributed by atoms with Crippen LogP contribution in [0.3, 0.4) is 0 Å². The molecule has 122 valence electrons. The highest BCUT2D eigenvalue weighted by atomic mass is 16.2. The van der Waals surface area contributed by atoms with Crippen molar-refractivity contribution < 1.29 is 4.79 Å². The summed E-state index contributed by atoms with van der Waals surface area (Å²) in [4.78, 5) is 13.7. The fraction of sp³-hybridized carbons (Fsp3) is 0.611. The lowest BCUT2D eigenvalue weighted by Gasteiger charge is -2.33. The zero-order chi connectivity index (χ0) is 15.8. The summed E-state index contributed by atoms with van der Waals surface area (Å²) in [5.74, 6) is 0. The van der Waals surface area contributed by atoms with Crippen molar-refractivity contribution in [3.8, 4) is 0 Å². The molecule has 1 aliphatic carbocycles. The third-order valence-corrected chi connectivity index (χ3v) is 4.41. The second-order valence-electron chi connectivity index (χ2n) is 6.17. The first-order valence-corrected chi connectivity index (χ1v) is 8.60. The Morgan fingerprint density at radius 3 is 2.45 bits per heavy atom. The first-order valence-electron chi connectivity index (χ1n) is 8.60. The van der Waals surface area contributed by atoms with Crippen molar-refractivity contribution in [2.75, 3.05) is 18.0 Å². The van der Waals surface area contributed by atoms with E-state index in [1.165, 1.54) is 24.8 Å². The number of hydrogen-bond acceptors (Lipinski definition) is 2. The Kier molecular flexibility index (Phi) is 6.72. The lowest BCUT2D eigenvalue weighted by atomic mass is 9.94. The summed E-state index contributed by atoms with van der Waals surface area (Å²) >= 11 is 0. The maximum Gasteiger partial charge on any atom is 0.319 e. The van der Waals surface area contributed by atoms with Crippen LogP contribution in [0, 0.1) is 0 Å². The lowest BCUT2D eigenvalue weighted by molar-refractivity contribution is 0.249. The fourth-order valence-electron chi connectivity index (χ4n) is 3.21. The molecular formula is C18H29N3O. The number of primary amides is 1. The van der Waals surface area contributed by atoms with Crippen LogP contribution in [0.2, 0.25) is 0 Å². The smallest absolute Gasteiger partial charge is 0.319 e. The van der Waals surface area contributed by atoms with E-state index in [1.807, 2.05) is 12.1 Å². The zero-order valence-corrected chi connectivity index (χ0v) is 13.7. The molecule has 2 amide bonds. The van der Waals surface area contributed by atoms with Crippen molar-refractivity contribution in [3.05, 3.63) is 29.8 Å². The third kappa shape index (κ3) is 4.73. The summed E-state index contributed by atoms with van der Waals surface area (Å²) in [5.41, 5.74) is 7.86. The van der Waals surface area contributed by atoms with Crippen molar-refractivity contribution in [3.63, 3.8) is 0 Å². The summed E-state index contributed by atoms with van der Waals surface area (Å²) in [6.45, 7) is 4.23. The molecule has 0 spiro atoms. The quantitative estimate of drug-likeness (QED) is 0.758. The van der Waals surface area contributed by atoms with Crippen LogP contribution in [-0.2, 0) is 6.42 Å². The topological polar surface area (TPSA) is 58.4 Å². The lowest BCUT2D eigenvalue weighted by Crippen LogP contribution is -2.44. The molecule has 2 rings (SSSR count). The van der Waals surface area contributed by atoms with Crippen LogP contribution in [0.25, 0.3) is 0 Å². The molecule has 3 N–H and O–H groups in total. The van der Waals surface area contributed by atoms with E-state index in [9.17, 15) is 4.79 Å². The number of carbonyl (C=O) groups excluding carboxylic acids is 1. The second kappa shape index (κ2) is 8.79. The minimum absolute atomic E-state index is 0.267. The van der Waals surface area contributed by atoms with Gasteiger partial charge in [0.1, 0.15) is 0 Å². The van der Waals surface area contributed by atoms with E-state index in [2.05, 4.69) is 24.4 Å². The number of urea groups is 1. The van der Waals surface area contributed by atoms with Crippen LogP contribution >= 0.6 is 0 Å². The monoisotopic (exact) mass is 303 g/mol. The van der Waals surface area contributed by atoms with E-state index < -0.39 is 0 Å². The van der Waals surface area contributed by atoms with Crippen LogP contribution in [0.15, 0.2) is 24.3 Å². The number of nitrogens with one attached hydrogen (secondary N) is 1. The minimum Gasteiger partial charge on any atom is -0.351 e. The number of anilines is 1. The molecule has 0 heterocycles. The first-order chi connectivity index (χ1) is 10.7. The number of carbonyl (C=O) groups is 1. The third-order valence-electron chi connectivity index (χ3n) is 4.41. The highest BCUT2D eigenvalue weighted by Gasteiger charge is 2.25. The maximum absolute atomic E-state index is 11.9. The molecule has 1 aromatic carbocycles. The molecule has 4 heteroatoms. The number of amides is 2. The Hall–Kier alpha value is -1.55. The van der Waals surface area contributed by atoms with E-state index in [4.69, 9.17) is 5.73 Å². The fourth-order valence-corrected chi connectivity index (χ4v) is 3.21. The molecule has 0 aliphatic heterocycles. The predicted octanol–water partition coefficient (Wildman–Crippen LogP) is 3.45. The molecule has 0 bridgehead atoms. The number of hydrogen-bond donors (Lipinski definition) is 2. The zero-order valence-electron chi connectivity index (χ0n) is 13.7. The SMILES string of the molecule is CCCNCCc1ccc(N(C(N)=O)C2CCCCC2)cc1. The average Bonchev–Trinajstić information content (AvgIpc) is 2.54. The summed E-state index contributed by atoms with van der Waals surface area (Å²) < 4.78 is 0. The molecule has 1 fully saturated rings. The molecule has 0 aromatic heterocycles. The van der Waals surface area contributed by atoms with Gasteiger partial charge in [-0.05, 0) is 56.5 Å². The van der Waals surface area contributed by atoms with Crippen LogP contribution in [-0.4, -0.2) is 25.2 Å². The van der Waals surface area contributed by atoms with Crippen LogP contribution in [0.1, 0.15) is 51.0 Å². The molecule has 0 unspecified atom stereocenters.